The predicted molar refractivity (Wildman–Crippen MR) is 70.1 cm³/mol. The van der Waals surface area contributed by atoms with Crippen LogP contribution in [-0.2, 0) is 6.42 Å². The Hall–Kier alpha value is -0.530. The molecule has 1 saturated carbocycles. The Morgan fingerprint density at radius 3 is 2.75 bits per heavy atom. The molecule has 16 heavy (non-hydrogen) atoms. The molecule has 2 rings (SSSR count). The van der Waals surface area contributed by atoms with Crippen molar-refractivity contribution < 1.29 is 0 Å². The Kier molecular flexibility index (Phi) is 3.88. The molecule has 0 radical (unpaired) electrons. The lowest BCUT2D eigenvalue weighted by Gasteiger charge is -2.16. The number of nitrogens with one attached hydrogen (secondary N) is 1. The number of halogens is 1. The maximum atomic E-state index is 6.25. The van der Waals surface area contributed by atoms with Crippen molar-refractivity contribution in [3.8, 4) is 0 Å². The quantitative estimate of drug-likeness (QED) is 0.826. The molecule has 0 heterocycles. The summed E-state index contributed by atoms with van der Waals surface area (Å²) in [6.45, 7) is 2.08. The fourth-order valence-electron chi connectivity index (χ4n) is 2.14. The van der Waals surface area contributed by atoms with E-state index in [1.165, 1.54) is 30.4 Å². The molecule has 0 aromatic heterocycles. The molecule has 0 saturated heterocycles. The van der Waals surface area contributed by atoms with E-state index in [1.807, 2.05) is 0 Å². The molecule has 88 valence electrons. The van der Waals surface area contributed by atoms with Crippen LogP contribution >= 0.6 is 11.6 Å². The summed E-state index contributed by atoms with van der Waals surface area (Å²) in [5.74, 6) is 0.960. The molecule has 1 aromatic rings. The molecule has 0 aliphatic heterocycles. The van der Waals surface area contributed by atoms with Crippen molar-refractivity contribution in [1.82, 2.24) is 5.32 Å². The average Bonchev–Trinajstić information content (AvgIpc) is 3.04. The summed E-state index contributed by atoms with van der Waals surface area (Å²) in [5.41, 5.74) is 2.50. The molecule has 1 fully saturated rings. The zero-order chi connectivity index (χ0) is 11.5. The molecular weight excluding hydrogens is 218 g/mol. The molecule has 1 aromatic carbocycles. The molecule has 1 atom stereocenters. The third-order valence-corrected chi connectivity index (χ3v) is 3.75. The van der Waals surface area contributed by atoms with Crippen LogP contribution in [-0.4, -0.2) is 13.1 Å². The van der Waals surface area contributed by atoms with E-state index in [2.05, 4.69) is 37.5 Å². The van der Waals surface area contributed by atoms with Gasteiger partial charge in [-0.3, -0.25) is 0 Å². The van der Waals surface area contributed by atoms with Crippen molar-refractivity contribution >= 4 is 11.6 Å². The Balaban J connectivity index is 1.99. The van der Waals surface area contributed by atoms with Gasteiger partial charge in [-0.25, -0.2) is 0 Å². The smallest absolute Gasteiger partial charge is 0.0441 e. The largest absolute Gasteiger partial charge is 0.317 e. The number of likely N-dealkylation sites (N-methyl/N-ethyl adjacent to an activating group) is 1. The van der Waals surface area contributed by atoms with Crippen LogP contribution in [0.25, 0.3) is 0 Å². The number of aryl methyl sites for hydroxylation is 1. The third-order valence-electron chi connectivity index (χ3n) is 3.40. The fraction of sp³-hybridized carbons (Fsp3) is 0.571. The summed E-state index contributed by atoms with van der Waals surface area (Å²) >= 11 is 6.25. The standard InChI is InChI=1S/C14H20ClN/c1-10-3-6-12(14(15)7-10)9-13(16-2)8-11-4-5-11/h3,6-7,11,13,16H,4-5,8-9H2,1-2H3. The van der Waals surface area contributed by atoms with Crippen molar-refractivity contribution in [3.05, 3.63) is 34.3 Å². The lowest BCUT2D eigenvalue weighted by Crippen LogP contribution is -2.28. The van der Waals surface area contributed by atoms with Gasteiger partial charge in [0.15, 0.2) is 0 Å². The van der Waals surface area contributed by atoms with Gasteiger partial charge in [0, 0.05) is 11.1 Å². The van der Waals surface area contributed by atoms with Gasteiger partial charge in [-0.05, 0) is 49.9 Å². The molecule has 1 aliphatic rings. The highest BCUT2D eigenvalue weighted by atomic mass is 35.5. The highest BCUT2D eigenvalue weighted by molar-refractivity contribution is 6.31. The van der Waals surface area contributed by atoms with Crippen LogP contribution in [0.1, 0.15) is 30.4 Å². The van der Waals surface area contributed by atoms with E-state index in [9.17, 15) is 0 Å². The van der Waals surface area contributed by atoms with E-state index in [4.69, 9.17) is 11.6 Å². The summed E-state index contributed by atoms with van der Waals surface area (Å²) in [7, 11) is 2.05. The highest BCUT2D eigenvalue weighted by Crippen LogP contribution is 2.34. The first-order valence-corrected chi connectivity index (χ1v) is 6.49. The molecular formula is C14H20ClN. The van der Waals surface area contributed by atoms with Gasteiger partial charge in [0.2, 0.25) is 0 Å². The van der Waals surface area contributed by atoms with Gasteiger partial charge in [0.05, 0.1) is 0 Å². The Bertz CT molecular complexity index is 358. The zero-order valence-corrected chi connectivity index (χ0v) is 10.8. The SMILES string of the molecule is CNC(Cc1ccc(C)cc1Cl)CC1CC1. The molecule has 1 unspecified atom stereocenters. The number of benzene rings is 1. The van der Waals surface area contributed by atoms with Crippen molar-refractivity contribution in [2.45, 2.75) is 38.6 Å². The summed E-state index contributed by atoms with van der Waals surface area (Å²) in [4.78, 5) is 0. The lowest BCUT2D eigenvalue weighted by molar-refractivity contribution is 0.490. The molecule has 0 bridgehead atoms. The van der Waals surface area contributed by atoms with Crippen molar-refractivity contribution in [1.29, 1.82) is 0 Å². The van der Waals surface area contributed by atoms with Crippen molar-refractivity contribution in [2.75, 3.05) is 7.05 Å². The Labute approximate surface area is 103 Å². The second-order valence-electron chi connectivity index (χ2n) is 4.96. The summed E-state index contributed by atoms with van der Waals surface area (Å²) in [5, 5.41) is 4.32. The number of hydrogen-bond donors (Lipinski definition) is 1. The molecule has 1 nitrogen and oxygen atoms in total. The first-order valence-electron chi connectivity index (χ1n) is 6.11. The van der Waals surface area contributed by atoms with Gasteiger partial charge in [-0.15, -0.1) is 0 Å². The first-order chi connectivity index (χ1) is 7.69. The maximum Gasteiger partial charge on any atom is 0.0441 e. The second-order valence-corrected chi connectivity index (χ2v) is 5.37. The Morgan fingerprint density at radius 2 is 2.19 bits per heavy atom. The minimum Gasteiger partial charge on any atom is -0.317 e. The van der Waals surface area contributed by atoms with Gasteiger partial charge in [-0.2, -0.15) is 0 Å². The molecule has 1 N–H and O–H groups in total. The highest BCUT2D eigenvalue weighted by Gasteiger charge is 2.25. The minimum atomic E-state index is 0.577. The summed E-state index contributed by atoms with van der Waals surface area (Å²) in [6, 6.07) is 6.94. The van der Waals surface area contributed by atoms with Crippen molar-refractivity contribution in [2.24, 2.45) is 5.92 Å². The van der Waals surface area contributed by atoms with Crippen LogP contribution in [0.15, 0.2) is 18.2 Å². The Morgan fingerprint density at radius 1 is 1.44 bits per heavy atom. The molecule has 0 amide bonds. The van der Waals surface area contributed by atoms with E-state index in [0.717, 1.165) is 17.4 Å². The summed E-state index contributed by atoms with van der Waals surface area (Å²) < 4.78 is 0. The zero-order valence-electron chi connectivity index (χ0n) is 10.1. The van der Waals surface area contributed by atoms with Gasteiger partial charge < -0.3 is 5.32 Å². The molecule has 2 heteroatoms. The van der Waals surface area contributed by atoms with Crippen LogP contribution < -0.4 is 5.32 Å². The topological polar surface area (TPSA) is 12.0 Å². The fourth-order valence-corrected chi connectivity index (χ4v) is 2.45. The lowest BCUT2D eigenvalue weighted by atomic mass is 10.0. The minimum absolute atomic E-state index is 0.577. The number of hydrogen-bond acceptors (Lipinski definition) is 1. The van der Waals surface area contributed by atoms with E-state index in [0.29, 0.717) is 6.04 Å². The van der Waals surface area contributed by atoms with Crippen LogP contribution in [0.4, 0.5) is 0 Å². The van der Waals surface area contributed by atoms with Crippen molar-refractivity contribution in [3.63, 3.8) is 0 Å². The van der Waals surface area contributed by atoms with E-state index >= 15 is 0 Å². The van der Waals surface area contributed by atoms with Gasteiger partial charge in [0.25, 0.3) is 0 Å². The molecule has 0 spiro atoms. The second kappa shape index (κ2) is 5.20. The van der Waals surface area contributed by atoms with Gasteiger partial charge >= 0.3 is 0 Å². The average molecular weight is 238 g/mol. The van der Waals surface area contributed by atoms with Gasteiger partial charge in [0.1, 0.15) is 0 Å². The summed E-state index contributed by atoms with van der Waals surface area (Å²) in [6.07, 6.45) is 5.17. The van der Waals surface area contributed by atoms with Crippen LogP contribution in [0.3, 0.4) is 0 Å². The molecule has 1 aliphatic carbocycles. The maximum absolute atomic E-state index is 6.25. The normalized spacial score (nSPS) is 17.4. The van der Waals surface area contributed by atoms with Crippen LogP contribution in [0, 0.1) is 12.8 Å². The van der Waals surface area contributed by atoms with Gasteiger partial charge in [-0.1, -0.05) is 36.6 Å². The van der Waals surface area contributed by atoms with E-state index < -0.39 is 0 Å². The predicted octanol–water partition coefficient (Wildman–Crippen LogP) is 3.58. The number of rotatable bonds is 5. The van der Waals surface area contributed by atoms with E-state index in [-0.39, 0.29) is 0 Å². The van der Waals surface area contributed by atoms with E-state index in [1.54, 1.807) is 0 Å². The van der Waals surface area contributed by atoms with Crippen LogP contribution in [0.5, 0.6) is 0 Å². The monoisotopic (exact) mass is 237 g/mol. The third kappa shape index (κ3) is 3.23. The van der Waals surface area contributed by atoms with Crippen LogP contribution in [0.2, 0.25) is 5.02 Å². The first kappa shape index (κ1) is 11.9.